The van der Waals surface area contributed by atoms with E-state index in [9.17, 15) is 10.1 Å². The van der Waals surface area contributed by atoms with Crippen LogP contribution in [-0.2, 0) is 6.54 Å². The van der Waals surface area contributed by atoms with Crippen molar-refractivity contribution in [3.63, 3.8) is 0 Å². The Bertz CT molecular complexity index is 1380. The lowest BCUT2D eigenvalue weighted by Gasteiger charge is -2.38. The third kappa shape index (κ3) is 7.77. The Hall–Kier alpha value is -4.62. The van der Waals surface area contributed by atoms with Gasteiger partial charge >= 0.3 is 0 Å². The summed E-state index contributed by atoms with van der Waals surface area (Å²) in [6, 6.07) is 21.5. The van der Waals surface area contributed by atoms with Gasteiger partial charge in [-0.3, -0.25) is 25.0 Å². The predicted octanol–water partition coefficient (Wildman–Crippen LogP) is 3.80. The summed E-state index contributed by atoms with van der Waals surface area (Å²) in [4.78, 5) is 26.4. The van der Waals surface area contributed by atoms with E-state index in [1.54, 1.807) is 6.20 Å². The molecule has 218 valence electrons. The summed E-state index contributed by atoms with van der Waals surface area (Å²) >= 11 is 0. The highest BCUT2D eigenvalue weighted by Gasteiger charge is 2.32. The number of nitrogens with one attached hydrogen (secondary N) is 3. The van der Waals surface area contributed by atoms with E-state index in [1.807, 2.05) is 54.7 Å². The van der Waals surface area contributed by atoms with Crippen LogP contribution >= 0.6 is 0 Å². The molecule has 0 spiro atoms. The Morgan fingerprint density at radius 3 is 2.79 bits per heavy atom. The maximum Gasteiger partial charge on any atom is 0.255 e. The average molecular weight is 567 g/mol. The lowest BCUT2D eigenvalue weighted by Crippen LogP contribution is -2.50. The van der Waals surface area contributed by atoms with Gasteiger partial charge in [0.15, 0.2) is 6.19 Å². The van der Waals surface area contributed by atoms with Crippen molar-refractivity contribution in [2.75, 3.05) is 44.2 Å². The quantitative estimate of drug-likeness (QED) is 0.106. The number of guanidine groups is 1. The number of hydrogen-bond donors (Lipinski definition) is 3. The van der Waals surface area contributed by atoms with Crippen molar-refractivity contribution < 1.29 is 9.53 Å². The van der Waals surface area contributed by atoms with Gasteiger partial charge in [0.1, 0.15) is 11.9 Å². The number of anilines is 1. The summed E-state index contributed by atoms with van der Waals surface area (Å²) in [5, 5.41) is 18.2. The lowest BCUT2D eigenvalue weighted by atomic mass is 10.1. The molecule has 1 fully saturated rings. The molecule has 2 aliphatic rings. The monoisotopic (exact) mass is 566 g/mol. The second-order valence-electron chi connectivity index (χ2n) is 10.4. The fourth-order valence-electron chi connectivity index (χ4n) is 5.40. The Morgan fingerprint density at radius 2 is 1.95 bits per heavy atom. The van der Waals surface area contributed by atoms with Crippen LogP contribution in [0.3, 0.4) is 0 Å². The normalized spacial score (nSPS) is 17.1. The lowest BCUT2D eigenvalue weighted by molar-refractivity contribution is 0.0925. The van der Waals surface area contributed by atoms with Gasteiger partial charge in [-0.25, -0.2) is 0 Å². The maximum absolute atomic E-state index is 12.8. The highest BCUT2D eigenvalue weighted by molar-refractivity contribution is 6.02. The Balaban J connectivity index is 1.12. The number of nitrogens with zero attached hydrogens (tertiary/aromatic N) is 5. The van der Waals surface area contributed by atoms with E-state index in [1.165, 1.54) is 37.9 Å². The van der Waals surface area contributed by atoms with Crippen LogP contribution in [-0.4, -0.2) is 61.1 Å². The van der Waals surface area contributed by atoms with Crippen molar-refractivity contribution in [2.45, 2.75) is 38.4 Å². The van der Waals surface area contributed by atoms with E-state index in [4.69, 9.17) is 4.74 Å². The summed E-state index contributed by atoms with van der Waals surface area (Å²) < 4.78 is 5.99. The number of fused-ring (bicyclic) bond motifs is 1. The molecule has 3 N–H and O–H groups in total. The number of rotatable bonds is 11. The van der Waals surface area contributed by atoms with E-state index in [2.05, 4.69) is 53.9 Å². The molecule has 0 radical (unpaired) electrons. The molecule has 0 aliphatic carbocycles. The smallest absolute Gasteiger partial charge is 0.255 e. The molecule has 0 saturated carbocycles. The van der Waals surface area contributed by atoms with Gasteiger partial charge in [0.05, 0.1) is 23.6 Å². The summed E-state index contributed by atoms with van der Waals surface area (Å²) in [7, 11) is 0. The van der Waals surface area contributed by atoms with Gasteiger partial charge < -0.3 is 20.3 Å². The van der Waals surface area contributed by atoms with E-state index in [0.717, 1.165) is 23.7 Å². The van der Waals surface area contributed by atoms with E-state index < -0.39 is 6.17 Å². The molecule has 0 bridgehead atoms. The molecule has 1 aromatic heterocycles. The van der Waals surface area contributed by atoms with Gasteiger partial charge in [-0.15, -0.1) is 0 Å². The van der Waals surface area contributed by atoms with E-state index >= 15 is 0 Å². The minimum atomic E-state index is -0.407. The number of hydrogen-bond acceptors (Lipinski definition) is 7. The van der Waals surface area contributed by atoms with Gasteiger partial charge in [0.25, 0.3) is 5.91 Å². The molecule has 2 aliphatic heterocycles. The van der Waals surface area contributed by atoms with E-state index in [-0.39, 0.29) is 5.91 Å². The number of ether oxygens (including phenoxy) is 1. The number of carbonyl (C=O) groups excluding carboxylic acids is 1. The minimum absolute atomic E-state index is 0.130. The largest absolute Gasteiger partial charge is 0.494 e. The molecule has 1 amide bonds. The number of carbonyl (C=O) groups is 1. The molecule has 1 atom stereocenters. The Kier molecular flexibility index (Phi) is 10.2. The van der Waals surface area contributed by atoms with Crippen LogP contribution in [0.5, 0.6) is 5.75 Å². The number of likely N-dealkylation sites (tertiary alicyclic amines) is 1. The molecule has 42 heavy (non-hydrogen) atoms. The van der Waals surface area contributed by atoms with Crippen molar-refractivity contribution in [3.8, 4) is 11.9 Å². The summed E-state index contributed by atoms with van der Waals surface area (Å²) in [5.41, 5.74) is 3.48. The van der Waals surface area contributed by atoms with Gasteiger partial charge in [0.2, 0.25) is 5.96 Å². The number of amides is 1. The molecule has 10 nitrogen and oxygen atoms in total. The highest BCUT2D eigenvalue weighted by atomic mass is 16.5. The van der Waals surface area contributed by atoms with Gasteiger partial charge in [-0.1, -0.05) is 36.8 Å². The van der Waals surface area contributed by atoms with Crippen LogP contribution in [0.2, 0.25) is 0 Å². The number of para-hydroxylation sites is 1. The molecule has 10 heteroatoms. The summed E-state index contributed by atoms with van der Waals surface area (Å²) in [6.45, 7) is 5.37. The molecule has 1 saturated heterocycles. The first-order chi connectivity index (χ1) is 20.7. The number of piperidine rings is 1. The number of aromatic nitrogens is 1. The fraction of sp³-hybridized carbons (Fsp3) is 0.375. The van der Waals surface area contributed by atoms with Crippen LogP contribution in [0.25, 0.3) is 0 Å². The van der Waals surface area contributed by atoms with Gasteiger partial charge in [-0.05, 0) is 67.9 Å². The molecular weight excluding hydrogens is 528 g/mol. The zero-order valence-corrected chi connectivity index (χ0v) is 23.8. The van der Waals surface area contributed by atoms with Gasteiger partial charge in [-0.2, -0.15) is 5.26 Å². The van der Waals surface area contributed by atoms with Crippen molar-refractivity contribution in [3.05, 3.63) is 89.7 Å². The first kappa shape index (κ1) is 28.9. The van der Waals surface area contributed by atoms with Crippen molar-refractivity contribution in [2.24, 2.45) is 4.99 Å². The predicted molar refractivity (Wildman–Crippen MR) is 163 cm³/mol. The number of pyridine rings is 1. The standard InChI is InChI=1S/C32H38N8O2/c33-24-37-32(35-16-9-21-42-26-11-8-10-25(22-26)23-39-18-6-1-7-19-39)36-17-20-40-29-14-3-2-12-27(29)31(41)38-30(40)28-13-4-5-15-34-28/h2-5,8,10-15,22,30H,1,6-7,9,16-21,23H2,(H,38,41)(H2,35,36,37). The van der Waals surface area contributed by atoms with Crippen LogP contribution in [0.1, 0.15) is 53.5 Å². The summed E-state index contributed by atoms with van der Waals surface area (Å²) in [6.07, 6.45) is 7.88. The third-order valence-corrected chi connectivity index (χ3v) is 7.42. The molecule has 2 aromatic carbocycles. The summed E-state index contributed by atoms with van der Waals surface area (Å²) in [5.74, 6) is 1.15. The average Bonchev–Trinajstić information content (AvgIpc) is 3.03. The molecule has 3 heterocycles. The minimum Gasteiger partial charge on any atom is -0.494 e. The molecule has 5 rings (SSSR count). The maximum atomic E-state index is 12.8. The first-order valence-electron chi connectivity index (χ1n) is 14.7. The van der Waals surface area contributed by atoms with Crippen LogP contribution in [0.4, 0.5) is 5.69 Å². The van der Waals surface area contributed by atoms with Crippen molar-refractivity contribution >= 4 is 17.6 Å². The molecular formula is C32H38N8O2. The Morgan fingerprint density at radius 1 is 1.10 bits per heavy atom. The molecule has 1 unspecified atom stereocenters. The van der Waals surface area contributed by atoms with Crippen LogP contribution < -0.4 is 25.6 Å². The number of benzene rings is 2. The van der Waals surface area contributed by atoms with Crippen molar-refractivity contribution in [1.29, 1.82) is 5.26 Å². The van der Waals surface area contributed by atoms with E-state index in [0.29, 0.717) is 44.2 Å². The first-order valence-corrected chi connectivity index (χ1v) is 14.7. The molecule has 3 aromatic rings. The fourth-order valence-corrected chi connectivity index (χ4v) is 5.40. The SMILES string of the molecule is N#CNC(=NCCCOc1cccc(CN2CCCCC2)c1)NCCN1c2ccccc2C(=O)NC1c1ccccn1. The third-order valence-electron chi connectivity index (χ3n) is 7.42. The zero-order chi connectivity index (χ0) is 29.0. The topological polar surface area (TPSA) is 118 Å². The second-order valence-corrected chi connectivity index (χ2v) is 10.4. The van der Waals surface area contributed by atoms with Gasteiger partial charge in [0, 0.05) is 38.8 Å². The highest BCUT2D eigenvalue weighted by Crippen LogP contribution is 2.31. The van der Waals surface area contributed by atoms with Crippen LogP contribution in [0, 0.1) is 11.5 Å². The number of aliphatic imine (C=N–C) groups is 1. The zero-order valence-electron chi connectivity index (χ0n) is 23.8. The van der Waals surface area contributed by atoms with Crippen LogP contribution in [0.15, 0.2) is 77.9 Å². The van der Waals surface area contributed by atoms with Crippen molar-refractivity contribution in [1.82, 2.24) is 25.8 Å². The Labute approximate surface area is 247 Å². The second kappa shape index (κ2) is 14.8. The number of nitriles is 1.